The van der Waals surface area contributed by atoms with Gasteiger partial charge in [0.25, 0.3) is 0 Å². The van der Waals surface area contributed by atoms with Gasteiger partial charge in [0.2, 0.25) is 5.88 Å². The maximum Gasteiger partial charge on any atom is 0.233 e. The van der Waals surface area contributed by atoms with Crippen molar-refractivity contribution < 1.29 is 13.6 Å². The molecule has 0 radical (unpaired) electrons. The van der Waals surface area contributed by atoms with E-state index in [2.05, 4.69) is 5.10 Å². The Balaban J connectivity index is 2.02. The minimum atomic E-state index is -2.24. The van der Waals surface area contributed by atoms with Crippen LogP contribution in [0, 0.1) is 0 Å². The van der Waals surface area contributed by atoms with Crippen molar-refractivity contribution in [1.29, 1.82) is 0 Å². The average molecular weight is 157 g/mol. The van der Waals surface area contributed by atoms with Gasteiger partial charge in [-0.25, -0.2) is 0 Å². The second kappa shape index (κ2) is 2.54. The van der Waals surface area contributed by atoms with Crippen LogP contribution in [0.5, 0.6) is 5.88 Å². The lowest BCUT2D eigenvalue weighted by Crippen LogP contribution is -2.38. The molecule has 0 atom stereocenters. The lowest BCUT2D eigenvalue weighted by Gasteiger charge is -2.25. The summed E-state index contributed by atoms with van der Waals surface area (Å²) >= 11 is 0. The molecule has 0 saturated carbocycles. The molecule has 1 aliphatic heterocycles. The topological polar surface area (TPSA) is 36.3 Å². The molecular weight excluding hydrogens is 144 g/mol. The van der Waals surface area contributed by atoms with E-state index in [0.29, 0.717) is 19.1 Å². The van der Waals surface area contributed by atoms with Crippen molar-refractivity contribution in [1.82, 2.24) is 9.78 Å². The largest absolute Gasteiger partial charge is 0.468 e. The van der Waals surface area contributed by atoms with Crippen molar-refractivity contribution in [3.05, 3.63) is 12.3 Å². The van der Waals surface area contributed by atoms with Crippen molar-refractivity contribution >= 4 is 0 Å². The Hall–Kier alpha value is -1.03. The van der Waals surface area contributed by atoms with Gasteiger partial charge in [-0.2, -0.15) is 0 Å². The molecule has 0 amide bonds. The van der Waals surface area contributed by atoms with Crippen molar-refractivity contribution in [3.63, 3.8) is 0 Å². The molecule has 2 rings (SSSR count). The Labute approximate surface area is 68.9 Å². The molecule has 4 nitrogen and oxygen atoms in total. The Kier molecular flexibility index (Phi) is 0.950. The zero-order chi connectivity index (χ0) is 10.2. The maximum absolute atomic E-state index is 7.08. The van der Waals surface area contributed by atoms with Crippen LogP contribution < -0.4 is 4.74 Å². The smallest absolute Gasteiger partial charge is 0.233 e. The van der Waals surface area contributed by atoms with Crippen LogP contribution in [0.3, 0.4) is 0 Å². The zero-order valence-corrected chi connectivity index (χ0v) is 5.86. The Morgan fingerprint density at radius 1 is 1.91 bits per heavy atom. The van der Waals surface area contributed by atoms with Gasteiger partial charge in [0.15, 0.2) is 0 Å². The predicted molar refractivity (Wildman–Crippen MR) is 38.4 cm³/mol. The summed E-state index contributed by atoms with van der Waals surface area (Å²) in [6, 6.07) is 1.53. The number of hydrogen-bond donors (Lipinski definition) is 0. The molecule has 1 saturated heterocycles. The highest BCUT2D eigenvalue weighted by atomic mass is 16.6. The monoisotopic (exact) mass is 157 g/mol. The molecule has 0 aromatic carbocycles. The minimum absolute atomic E-state index is 0.00921. The fourth-order valence-corrected chi connectivity index (χ4v) is 0.823. The molecule has 0 aliphatic carbocycles. The average Bonchev–Trinajstić information content (AvgIpc) is 2.43. The summed E-state index contributed by atoms with van der Waals surface area (Å²) in [4.78, 5) is 0. The summed E-state index contributed by atoms with van der Waals surface area (Å²) < 4.78 is 32.4. The quantitative estimate of drug-likeness (QED) is 0.615. The van der Waals surface area contributed by atoms with Crippen LogP contribution in [0.1, 0.15) is 4.11 Å². The van der Waals surface area contributed by atoms with Gasteiger partial charge in [0.05, 0.1) is 13.2 Å². The molecule has 1 fully saturated rings. The summed E-state index contributed by atoms with van der Waals surface area (Å²) in [7, 11) is 0. The molecular formula is C7H10N2O2. The molecule has 0 bridgehead atoms. The first kappa shape index (κ1) is 4.11. The van der Waals surface area contributed by atoms with E-state index in [1.54, 1.807) is 0 Å². The van der Waals surface area contributed by atoms with Gasteiger partial charge in [-0.05, 0) is 0 Å². The van der Waals surface area contributed by atoms with E-state index >= 15 is 0 Å². The van der Waals surface area contributed by atoms with E-state index in [4.69, 9.17) is 13.6 Å². The van der Waals surface area contributed by atoms with Crippen LogP contribution in [0.15, 0.2) is 12.3 Å². The van der Waals surface area contributed by atoms with Crippen LogP contribution in [0.25, 0.3) is 0 Å². The fourth-order valence-electron chi connectivity index (χ4n) is 0.823. The van der Waals surface area contributed by atoms with E-state index in [-0.39, 0.29) is 6.10 Å². The number of rotatable bonds is 2. The fraction of sp³-hybridized carbons (Fsp3) is 0.571. The van der Waals surface area contributed by atoms with Gasteiger partial charge in [-0.15, -0.1) is 5.10 Å². The molecule has 1 aromatic heterocycles. The summed E-state index contributed by atoms with van der Waals surface area (Å²) in [5.74, 6) is 0.328. The second-order valence-electron chi connectivity index (χ2n) is 2.38. The van der Waals surface area contributed by atoms with Crippen LogP contribution in [-0.2, 0) is 11.7 Å². The van der Waals surface area contributed by atoms with Crippen LogP contribution in [-0.4, -0.2) is 29.1 Å². The third kappa shape index (κ3) is 1.35. The van der Waals surface area contributed by atoms with Crippen molar-refractivity contribution in [3.8, 4) is 5.88 Å². The molecule has 60 valence electrons. The standard InChI is InChI=1S/C7H10N2O2/c1-9-3-2-7(8-9)11-6-4-10-5-6/h2-3,6H,4-5H2,1H3/i1D3. The molecule has 0 N–H and O–H groups in total. The van der Waals surface area contributed by atoms with E-state index in [1.807, 2.05) is 0 Å². The van der Waals surface area contributed by atoms with Crippen molar-refractivity contribution in [2.75, 3.05) is 13.2 Å². The highest BCUT2D eigenvalue weighted by molar-refractivity contribution is 5.06. The second-order valence-corrected chi connectivity index (χ2v) is 2.38. The Morgan fingerprint density at radius 3 is 3.36 bits per heavy atom. The SMILES string of the molecule is [2H]C([2H])([2H])n1ccc(OC2COC2)n1. The van der Waals surface area contributed by atoms with E-state index in [9.17, 15) is 0 Å². The lowest BCUT2D eigenvalue weighted by molar-refractivity contribution is -0.0814. The maximum atomic E-state index is 7.08. The van der Waals surface area contributed by atoms with Gasteiger partial charge in [-0.1, -0.05) is 0 Å². The molecule has 2 heterocycles. The molecule has 1 aliphatic rings. The number of hydrogen-bond acceptors (Lipinski definition) is 3. The third-order valence-electron chi connectivity index (χ3n) is 1.46. The highest BCUT2D eigenvalue weighted by Gasteiger charge is 2.20. The van der Waals surface area contributed by atoms with Crippen molar-refractivity contribution in [2.24, 2.45) is 6.98 Å². The summed E-state index contributed by atoms with van der Waals surface area (Å²) in [5.41, 5.74) is 0. The normalized spacial score (nSPS) is 23.1. The van der Waals surface area contributed by atoms with E-state index < -0.39 is 6.98 Å². The van der Waals surface area contributed by atoms with Crippen LogP contribution in [0.2, 0.25) is 0 Å². The molecule has 1 aromatic rings. The van der Waals surface area contributed by atoms with Crippen molar-refractivity contribution in [2.45, 2.75) is 6.10 Å². The number of nitrogens with zero attached hydrogens (tertiary/aromatic N) is 2. The Bertz CT molecular complexity index is 319. The summed E-state index contributed by atoms with van der Waals surface area (Å²) in [6.07, 6.45) is 1.39. The van der Waals surface area contributed by atoms with E-state index in [1.165, 1.54) is 12.3 Å². The molecule has 4 heteroatoms. The zero-order valence-electron chi connectivity index (χ0n) is 8.86. The molecule has 0 spiro atoms. The number of aryl methyl sites for hydroxylation is 1. The Morgan fingerprint density at radius 2 is 2.82 bits per heavy atom. The van der Waals surface area contributed by atoms with Gasteiger partial charge >= 0.3 is 0 Å². The first-order chi connectivity index (χ1) is 6.55. The van der Waals surface area contributed by atoms with Gasteiger partial charge in [0.1, 0.15) is 6.10 Å². The summed E-state index contributed by atoms with van der Waals surface area (Å²) in [6.45, 7) is -1.15. The molecule has 11 heavy (non-hydrogen) atoms. The van der Waals surface area contributed by atoms with Crippen LogP contribution in [0.4, 0.5) is 0 Å². The first-order valence-corrected chi connectivity index (χ1v) is 3.36. The molecule has 0 unspecified atom stereocenters. The number of ether oxygens (including phenoxy) is 2. The number of aromatic nitrogens is 2. The van der Waals surface area contributed by atoms with Crippen LogP contribution >= 0.6 is 0 Å². The summed E-state index contributed by atoms with van der Waals surface area (Å²) in [5, 5.41) is 3.78. The van der Waals surface area contributed by atoms with Gasteiger partial charge < -0.3 is 9.47 Å². The third-order valence-corrected chi connectivity index (χ3v) is 1.46. The lowest BCUT2D eigenvalue weighted by atomic mass is 10.3. The van der Waals surface area contributed by atoms with Gasteiger partial charge in [0, 0.05) is 23.4 Å². The van der Waals surface area contributed by atoms with E-state index in [0.717, 1.165) is 4.68 Å². The highest BCUT2D eigenvalue weighted by Crippen LogP contribution is 2.11. The predicted octanol–water partition coefficient (Wildman–Crippen LogP) is 0.198. The minimum Gasteiger partial charge on any atom is -0.468 e. The van der Waals surface area contributed by atoms with Gasteiger partial charge in [-0.3, -0.25) is 4.68 Å². The first-order valence-electron chi connectivity index (χ1n) is 4.86.